The summed E-state index contributed by atoms with van der Waals surface area (Å²) in [4.78, 5) is 10.8. The fourth-order valence-electron chi connectivity index (χ4n) is 1.58. The summed E-state index contributed by atoms with van der Waals surface area (Å²) in [6.45, 7) is 9.23. The number of ether oxygens (including phenoxy) is 3. The van der Waals surface area contributed by atoms with Gasteiger partial charge < -0.3 is 14.2 Å². The number of carbonyl (C=O) groups excluding carboxylic acids is 1. The van der Waals surface area contributed by atoms with Gasteiger partial charge in [0.15, 0.2) is 6.29 Å². The molecule has 0 saturated heterocycles. The van der Waals surface area contributed by atoms with Gasteiger partial charge in [0.1, 0.15) is 0 Å². The van der Waals surface area contributed by atoms with Crippen LogP contribution in [0.4, 0.5) is 0 Å². The van der Waals surface area contributed by atoms with Crippen LogP contribution in [0.3, 0.4) is 0 Å². The molecular weight excluding hydrogens is 248 g/mol. The van der Waals surface area contributed by atoms with E-state index >= 15 is 0 Å². The third-order valence-corrected chi connectivity index (χ3v) is 4.36. The first-order chi connectivity index (χ1) is 8.74. The highest BCUT2D eigenvalue weighted by atomic mass is 28.2. The Morgan fingerprint density at radius 2 is 1.94 bits per heavy atom. The van der Waals surface area contributed by atoms with Crippen molar-refractivity contribution in [3.63, 3.8) is 0 Å². The monoisotopic (exact) mass is 274 g/mol. The average Bonchev–Trinajstić information content (AvgIpc) is 2.37. The third-order valence-electron chi connectivity index (χ3n) is 2.45. The standard InChI is InChI=1S/C13H26O4Si/c1-4-12(14)17-9-7-10-18-11-8-13(15-5-2)16-6-3/h4,13H,1,5-11,18H2,2-3H3. The van der Waals surface area contributed by atoms with E-state index in [4.69, 9.17) is 14.2 Å². The molecule has 0 spiro atoms. The Hall–Kier alpha value is -0.653. The summed E-state index contributed by atoms with van der Waals surface area (Å²) in [5, 5.41) is 0. The number of hydrogen-bond acceptors (Lipinski definition) is 4. The number of esters is 1. The molecule has 5 heteroatoms. The average molecular weight is 274 g/mol. The maximum Gasteiger partial charge on any atom is 0.330 e. The van der Waals surface area contributed by atoms with Crippen molar-refractivity contribution >= 4 is 15.5 Å². The molecule has 0 aliphatic heterocycles. The van der Waals surface area contributed by atoms with Crippen LogP contribution >= 0.6 is 0 Å². The van der Waals surface area contributed by atoms with Gasteiger partial charge in [-0.3, -0.25) is 0 Å². The van der Waals surface area contributed by atoms with Crippen LogP contribution < -0.4 is 0 Å². The molecule has 0 amide bonds. The first-order valence-electron chi connectivity index (χ1n) is 6.77. The van der Waals surface area contributed by atoms with Crippen LogP contribution in [0.25, 0.3) is 0 Å². The SMILES string of the molecule is C=CC(=O)OCCC[SiH2]CCC(OCC)OCC. The van der Waals surface area contributed by atoms with Gasteiger partial charge >= 0.3 is 5.97 Å². The molecule has 0 aromatic rings. The Morgan fingerprint density at radius 1 is 1.28 bits per heavy atom. The second-order valence-corrected chi connectivity index (χ2v) is 6.04. The van der Waals surface area contributed by atoms with Crippen molar-refractivity contribution in [1.82, 2.24) is 0 Å². The van der Waals surface area contributed by atoms with Gasteiger partial charge in [-0.1, -0.05) is 18.7 Å². The van der Waals surface area contributed by atoms with Crippen LogP contribution in [0.5, 0.6) is 0 Å². The van der Waals surface area contributed by atoms with E-state index in [0.29, 0.717) is 19.8 Å². The Kier molecular flexibility index (Phi) is 12.3. The van der Waals surface area contributed by atoms with Gasteiger partial charge in [0.05, 0.1) is 6.61 Å². The van der Waals surface area contributed by atoms with Crippen molar-refractivity contribution < 1.29 is 19.0 Å². The van der Waals surface area contributed by atoms with Crippen LogP contribution in [0.1, 0.15) is 26.7 Å². The van der Waals surface area contributed by atoms with E-state index in [-0.39, 0.29) is 21.8 Å². The molecule has 0 unspecified atom stereocenters. The van der Waals surface area contributed by atoms with E-state index in [0.717, 1.165) is 12.8 Å². The molecule has 0 aromatic carbocycles. The molecule has 0 heterocycles. The molecule has 0 saturated carbocycles. The molecule has 18 heavy (non-hydrogen) atoms. The van der Waals surface area contributed by atoms with Crippen molar-refractivity contribution in [1.29, 1.82) is 0 Å². The number of rotatable bonds is 12. The molecule has 0 radical (unpaired) electrons. The molecular formula is C13H26O4Si. The van der Waals surface area contributed by atoms with Crippen molar-refractivity contribution in [2.24, 2.45) is 0 Å². The lowest BCUT2D eigenvalue weighted by atomic mass is 10.4. The second kappa shape index (κ2) is 12.8. The molecule has 0 aliphatic rings. The topological polar surface area (TPSA) is 44.8 Å². The molecule has 0 rings (SSSR count). The van der Waals surface area contributed by atoms with E-state index in [2.05, 4.69) is 6.58 Å². The maximum atomic E-state index is 10.8. The Balaban J connectivity index is 3.37. The van der Waals surface area contributed by atoms with Crippen LogP contribution in [0, 0.1) is 0 Å². The summed E-state index contributed by atoms with van der Waals surface area (Å²) in [7, 11) is -0.0937. The van der Waals surface area contributed by atoms with Crippen LogP contribution in [0.2, 0.25) is 12.1 Å². The minimum Gasteiger partial charge on any atom is -0.463 e. The van der Waals surface area contributed by atoms with Crippen LogP contribution in [-0.2, 0) is 19.0 Å². The lowest BCUT2D eigenvalue weighted by Gasteiger charge is -2.16. The van der Waals surface area contributed by atoms with Crippen molar-refractivity contribution in [3.8, 4) is 0 Å². The summed E-state index contributed by atoms with van der Waals surface area (Å²) in [6, 6.07) is 2.40. The molecule has 0 aliphatic carbocycles. The fourth-order valence-corrected chi connectivity index (χ4v) is 3.12. The van der Waals surface area contributed by atoms with Gasteiger partial charge in [-0.05, 0) is 26.7 Å². The van der Waals surface area contributed by atoms with Crippen molar-refractivity contribution in [2.75, 3.05) is 19.8 Å². The smallest absolute Gasteiger partial charge is 0.330 e. The highest BCUT2D eigenvalue weighted by molar-refractivity contribution is 6.35. The molecule has 106 valence electrons. The lowest BCUT2D eigenvalue weighted by molar-refractivity contribution is -0.137. The van der Waals surface area contributed by atoms with Gasteiger partial charge in [-0.2, -0.15) is 0 Å². The number of hydrogen-bond donors (Lipinski definition) is 0. The minimum absolute atomic E-state index is 0.0360. The van der Waals surface area contributed by atoms with Gasteiger partial charge in [-0.25, -0.2) is 4.79 Å². The largest absolute Gasteiger partial charge is 0.463 e. The second-order valence-electron chi connectivity index (χ2n) is 3.91. The molecule has 0 fully saturated rings. The van der Waals surface area contributed by atoms with Crippen molar-refractivity contribution in [3.05, 3.63) is 12.7 Å². The fraction of sp³-hybridized carbons (Fsp3) is 0.769. The highest BCUT2D eigenvalue weighted by Crippen LogP contribution is 2.06. The predicted octanol–water partition coefficient (Wildman–Crippen LogP) is 1.90. The Bertz CT molecular complexity index is 215. The molecule has 0 bridgehead atoms. The van der Waals surface area contributed by atoms with Gasteiger partial charge in [0, 0.05) is 28.8 Å². The van der Waals surface area contributed by atoms with E-state index in [9.17, 15) is 4.79 Å². The minimum atomic E-state index is -0.329. The first-order valence-corrected chi connectivity index (χ1v) is 8.77. The zero-order chi connectivity index (χ0) is 13.6. The molecule has 0 atom stereocenters. The summed E-state index contributed by atoms with van der Waals surface area (Å²) in [6.07, 6.45) is 3.11. The summed E-state index contributed by atoms with van der Waals surface area (Å²) < 4.78 is 15.9. The molecule has 0 N–H and O–H groups in total. The van der Waals surface area contributed by atoms with E-state index < -0.39 is 0 Å². The Labute approximate surface area is 113 Å². The highest BCUT2D eigenvalue weighted by Gasteiger charge is 2.06. The van der Waals surface area contributed by atoms with Crippen molar-refractivity contribution in [2.45, 2.75) is 45.1 Å². The zero-order valence-electron chi connectivity index (χ0n) is 11.7. The Morgan fingerprint density at radius 3 is 2.50 bits per heavy atom. The molecule has 4 nitrogen and oxygen atoms in total. The maximum absolute atomic E-state index is 10.8. The summed E-state index contributed by atoms with van der Waals surface area (Å²) in [5.74, 6) is -0.329. The van der Waals surface area contributed by atoms with Gasteiger partial charge in [0.2, 0.25) is 0 Å². The first kappa shape index (κ1) is 17.3. The van der Waals surface area contributed by atoms with E-state index in [1.54, 1.807) is 0 Å². The lowest BCUT2D eigenvalue weighted by Crippen LogP contribution is -2.17. The predicted molar refractivity (Wildman–Crippen MR) is 75.6 cm³/mol. The normalized spacial score (nSPS) is 11.3. The third kappa shape index (κ3) is 10.5. The van der Waals surface area contributed by atoms with E-state index in [1.807, 2.05) is 13.8 Å². The van der Waals surface area contributed by atoms with Gasteiger partial charge in [0.25, 0.3) is 0 Å². The van der Waals surface area contributed by atoms with Crippen LogP contribution in [0.15, 0.2) is 12.7 Å². The summed E-state index contributed by atoms with van der Waals surface area (Å²) >= 11 is 0. The quantitative estimate of drug-likeness (QED) is 0.179. The van der Waals surface area contributed by atoms with Gasteiger partial charge in [-0.15, -0.1) is 0 Å². The number of carbonyl (C=O) groups is 1. The molecule has 0 aromatic heterocycles. The van der Waals surface area contributed by atoms with E-state index in [1.165, 1.54) is 18.2 Å². The summed E-state index contributed by atoms with van der Waals surface area (Å²) in [5.41, 5.74) is 0. The zero-order valence-corrected chi connectivity index (χ0v) is 13.1. The van der Waals surface area contributed by atoms with Crippen LogP contribution in [-0.4, -0.2) is 41.6 Å².